The van der Waals surface area contributed by atoms with Crippen LogP contribution in [0.2, 0.25) is 0 Å². The highest BCUT2D eigenvalue weighted by atomic mass is 32.1. The van der Waals surface area contributed by atoms with Gasteiger partial charge in [0.1, 0.15) is 5.01 Å². The summed E-state index contributed by atoms with van der Waals surface area (Å²) in [6.07, 6.45) is 4.21. The number of aromatic nitrogens is 2. The molecule has 2 aliphatic rings. The van der Waals surface area contributed by atoms with Gasteiger partial charge in [0.25, 0.3) is 0 Å². The van der Waals surface area contributed by atoms with Gasteiger partial charge in [0.15, 0.2) is 5.79 Å². The monoisotopic (exact) mass is 283 g/mol. The minimum atomic E-state index is -0.327. The Labute approximate surface area is 117 Å². The molecule has 6 heteroatoms. The van der Waals surface area contributed by atoms with Crippen molar-refractivity contribution in [2.75, 3.05) is 24.6 Å². The van der Waals surface area contributed by atoms with Gasteiger partial charge in [-0.05, 0) is 13.3 Å². The molecule has 0 saturated carbocycles. The summed E-state index contributed by atoms with van der Waals surface area (Å²) < 4.78 is 11.8. The second-order valence-electron chi connectivity index (χ2n) is 5.37. The number of nitrogens with zero attached hydrogens (tertiary/aromatic N) is 3. The van der Waals surface area contributed by atoms with E-state index in [1.807, 2.05) is 0 Å². The fourth-order valence-corrected chi connectivity index (χ4v) is 3.68. The molecule has 1 spiro atoms. The number of ether oxygens (including phenoxy) is 2. The maximum Gasteiger partial charge on any atom is 0.208 e. The maximum atomic E-state index is 5.94. The molecular formula is C13H21N3O2S. The van der Waals surface area contributed by atoms with Crippen LogP contribution < -0.4 is 4.90 Å². The van der Waals surface area contributed by atoms with E-state index in [-0.39, 0.29) is 11.9 Å². The van der Waals surface area contributed by atoms with Crippen LogP contribution in [-0.4, -0.2) is 41.8 Å². The SMILES string of the molecule is CCCc1nnc(N2CCC3(CC2)OC[C@@H](C)O3)s1. The summed E-state index contributed by atoms with van der Waals surface area (Å²) in [5, 5.41) is 10.7. The first-order valence-electron chi connectivity index (χ1n) is 7.10. The van der Waals surface area contributed by atoms with Crippen molar-refractivity contribution < 1.29 is 9.47 Å². The molecule has 0 aliphatic carbocycles. The van der Waals surface area contributed by atoms with Crippen molar-refractivity contribution in [1.29, 1.82) is 0 Å². The lowest BCUT2D eigenvalue weighted by Crippen LogP contribution is -2.45. The minimum Gasteiger partial charge on any atom is -0.347 e. The third-order valence-electron chi connectivity index (χ3n) is 3.71. The van der Waals surface area contributed by atoms with Crippen LogP contribution in [0.25, 0.3) is 0 Å². The summed E-state index contributed by atoms with van der Waals surface area (Å²) in [5.41, 5.74) is 0. The second kappa shape index (κ2) is 5.34. The molecular weight excluding hydrogens is 262 g/mol. The standard InChI is InChI=1S/C13H21N3O2S/c1-3-4-11-14-15-12(19-11)16-7-5-13(6-8-16)17-9-10(2)18-13/h10H,3-9H2,1-2H3/t10-/m1/s1. The summed E-state index contributed by atoms with van der Waals surface area (Å²) in [6.45, 7) is 6.84. The Hall–Kier alpha value is -0.720. The summed E-state index contributed by atoms with van der Waals surface area (Å²) in [7, 11) is 0. The molecule has 2 saturated heterocycles. The Balaban J connectivity index is 1.60. The van der Waals surface area contributed by atoms with Crippen LogP contribution in [0.15, 0.2) is 0 Å². The first-order valence-corrected chi connectivity index (χ1v) is 7.91. The van der Waals surface area contributed by atoms with Crippen molar-refractivity contribution >= 4 is 16.5 Å². The Bertz CT molecular complexity index is 429. The lowest BCUT2D eigenvalue weighted by Gasteiger charge is -2.37. The fourth-order valence-electron chi connectivity index (χ4n) is 2.69. The average Bonchev–Trinajstić information content (AvgIpc) is 2.99. The van der Waals surface area contributed by atoms with Gasteiger partial charge in [-0.25, -0.2) is 0 Å². The lowest BCUT2D eigenvalue weighted by molar-refractivity contribution is -0.178. The van der Waals surface area contributed by atoms with Crippen molar-refractivity contribution in [2.24, 2.45) is 0 Å². The van der Waals surface area contributed by atoms with Crippen LogP contribution in [0.4, 0.5) is 5.13 Å². The van der Waals surface area contributed by atoms with Crippen molar-refractivity contribution in [1.82, 2.24) is 10.2 Å². The molecule has 1 aromatic rings. The van der Waals surface area contributed by atoms with Crippen LogP contribution in [-0.2, 0) is 15.9 Å². The summed E-state index contributed by atoms with van der Waals surface area (Å²) in [6, 6.07) is 0. The highest BCUT2D eigenvalue weighted by molar-refractivity contribution is 7.15. The molecule has 0 N–H and O–H groups in total. The van der Waals surface area contributed by atoms with E-state index in [2.05, 4.69) is 28.9 Å². The summed E-state index contributed by atoms with van der Waals surface area (Å²) >= 11 is 1.72. The molecule has 1 aromatic heterocycles. The van der Waals surface area contributed by atoms with Gasteiger partial charge in [-0.3, -0.25) is 0 Å². The molecule has 2 aliphatic heterocycles. The topological polar surface area (TPSA) is 47.5 Å². The zero-order valence-corrected chi connectivity index (χ0v) is 12.4. The molecule has 0 unspecified atom stereocenters. The van der Waals surface area contributed by atoms with E-state index >= 15 is 0 Å². The van der Waals surface area contributed by atoms with Crippen LogP contribution in [0.1, 0.15) is 38.1 Å². The van der Waals surface area contributed by atoms with E-state index in [1.54, 1.807) is 11.3 Å². The molecule has 19 heavy (non-hydrogen) atoms. The predicted molar refractivity (Wildman–Crippen MR) is 74.6 cm³/mol. The first-order chi connectivity index (χ1) is 9.21. The summed E-state index contributed by atoms with van der Waals surface area (Å²) in [5.74, 6) is -0.327. The van der Waals surface area contributed by atoms with Gasteiger partial charge >= 0.3 is 0 Å². The van der Waals surface area contributed by atoms with E-state index in [9.17, 15) is 0 Å². The van der Waals surface area contributed by atoms with Crippen LogP contribution in [0.3, 0.4) is 0 Å². The van der Waals surface area contributed by atoms with Gasteiger partial charge in [0.05, 0.1) is 12.7 Å². The highest BCUT2D eigenvalue weighted by Crippen LogP contribution is 2.36. The minimum absolute atomic E-state index is 0.226. The zero-order chi connectivity index (χ0) is 13.3. The van der Waals surface area contributed by atoms with Crippen molar-refractivity contribution in [3.8, 4) is 0 Å². The molecule has 0 amide bonds. The Kier molecular flexibility index (Phi) is 3.73. The van der Waals surface area contributed by atoms with E-state index in [0.717, 1.165) is 55.5 Å². The molecule has 2 fully saturated rings. The number of aryl methyl sites for hydroxylation is 1. The smallest absolute Gasteiger partial charge is 0.208 e. The Morgan fingerprint density at radius 3 is 2.79 bits per heavy atom. The zero-order valence-electron chi connectivity index (χ0n) is 11.6. The van der Waals surface area contributed by atoms with E-state index < -0.39 is 0 Å². The molecule has 0 bridgehead atoms. The number of piperidine rings is 1. The molecule has 0 aromatic carbocycles. The van der Waals surface area contributed by atoms with Gasteiger partial charge in [-0.1, -0.05) is 18.3 Å². The number of rotatable bonds is 3. The van der Waals surface area contributed by atoms with Crippen LogP contribution in [0.5, 0.6) is 0 Å². The third kappa shape index (κ3) is 2.75. The quantitative estimate of drug-likeness (QED) is 0.851. The van der Waals surface area contributed by atoms with Crippen molar-refractivity contribution in [2.45, 2.75) is 51.4 Å². The maximum absolute atomic E-state index is 5.94. The molecule has 106 valence electrons. The van der Waals surface area contributed by atoms with E-state index in [1.165, 1.54) is 0 Å². The molecule has 0 radical (unpaired) electrons. The van der Waals surface area contributed by atoms with E-state index in [0.29, 0.717) is 0 Å². The highest BCUT2D eigenvalue weighted by Gasteiger charge is 2.42. The third-order valence-corrected chi connectivity index (χ3v) is 4.76. The normalized spacial score (nSPS) is 26.2. The van der Waals surface area contributed by atoms with E-state index in [4.69, 9.17) is 9.47 Å². The van der Waals surface area contributed by atoms with Crippen molar-refractivity contribution in [3.05, 3.63) is 5.01 Å². The van der Waals surface area contributed by atoms with Gasteiger partial charge in [0.2, 0.25) is 5.13 Å². The Morgan fingerprint density at radius 2 is 2.16 bits per heavy atom. The van der Waals surface area contributed by atoms with Crippen LogP contribution >= 0.6 is 11.3 Å². The lowest BCUT2D eigenvalue weighted by atomic mass is 10.0. The van der Waals surface area contributed by atoms with Crippen LogP contribution in [0, 0.1) is 0 Å². The largest absolute Gasteiger partial charge is 0.347 e. The Morgan fingerprint density at radius 1 is 1.37 bits per heavy atom. The molecule has 3 rings (SSSR count). The van der Waals surface area contributed by atoms with Gasteiger partial charge in [-0.15, -0.1) is 10.2 Å². The number of hydrogen-bond acceptors (Lipinski definition) is 6. The fraction of sp³-hybridized carbons (Fsp3) is 0.846. The number of anilines is 1. The summed E-state index contributed by atoms with van der Waals surface area (Å²) in [4.78, 5) is 2.30. The average molecular weight is 283 g/mol. The molecule has 3 heterocycles. The van der Waals surface area contributed by atoms with Gasteiger partial charge in [-0.2, -0.15) is 0 Å². The molecule has 1 atom stereocenters. The molecule has 5 nitrogen and oxygen atoms in total. The first kappa shape index (κ1) is 13.3. The second-order valence-corrected chi connectivity index (χ2v) is 6.41. The van der Waals surface area contributed by atoms with Gasteiger partial charge in [0, 0.05) is 32.4 Å². The predicted octanol–water partition coefficient (Wildman–Crippen LogP) is 2.22. The number of hydrogen-bond donors (Lipinski definition) is 0. The van der Waals surface area contributed by atoms with Crippen molar-refractivity contribution in [3.63, 3.8) is 0 Å². The van der Waals surface area contributed by atoms with Gasteiger partial charge < -0.3 is 14.4 Å².